The van der Waals surface area contributed by atoms with Crippen LogP contribution in [0.5, 0.6) is 0 Å². The van der Waals surface area contributed by atoms with E-state index in [0.29, 0.717) is 39.3 Å². The van der Waals surface area contributed by atoms with Crippen LogP contribution in [0.25, 0.3) is 0 Å². The van der Waals surface area contributed by atoms with Gasteiger partial charge in [-0.2, -0.15) is 0 Å². The second kappa shape index (κ2) is 5.59. The largest absolute Gasteiger partial charge is 0.508 e. The average Bonchev–Trinajstić information content (AvgIpc) is 2.08. The van der Waals surface area contributed by atoms with Crippen LogP contribution in [0.4, 0.5) is 4.79 Å². The van der Waals surface area contributed by atoms with Gasteiger partial charge in [0.25, 0.3) is 0 Å². The zero-order valence-corrected chi connectivity index (χ0v) is 8.32. The fraction of sp³-hybridized carbons (Fsp3) is 0.778. The van der Waals surface area contributed by atoms with E-state index in [4.69, 9.17) is 9.47 Å². The van der Waals surface area contributed by atoms with Crippen LogP contribution < -0.4 is 0 Å². The van der Waals surface area contributed by atoms with E-state index in [1.54, 1.807) is 6.92 Å². The number of cyclic esters (lactones) is 2. The van der Waals surface area contributed by atoms with Crippen molar-refractivity contribution in [3.05, 3.63) is 0 Å². The minimum atomic E-state index is -0.601. The zero-order valence-electron chi connectivity index (χ0n) is 8.32. The van der Waals surface area contributed by atoms with E-state index < -0.39 is 6.16 Å². The maximum atomic E-state index is 10.7. The van der Waals surface area contributed by atoms with E-state index in [1.165, 1.54) is 0 Å². The first-order chi connectivity index (χ1) is 6.68. The number of carbonyl (C=O) groups is 2. The molecule has 0 aliphatic carbocycles. The van der Waals surface area contributed by atoms with Crippen molar-refractivity contribution in [2.45, 2.75) is 13.3 Å². The van der Waals surface area contributed by atoms with Crippen LogP contribution in [0.2, 0.25) is 0 Å². The molecule has 0 bridgehead atoms. The van der Waals surface area contributed by atoms with Crippen LogP contribution in [0, 0.1) is 0 Å². The normalized spacial score (nSPS) is 19.1. The van der Waals surface area contributed by atoms with E-state index in [2.05, 4.69) is 0 Å². The van der Waals surface area contributed by atoms with E-state index >= 15 is 0 Å². The van der Waals surface area contributed by atoms with Gasteiger partial charge in [-0.3, -0.25) is 9.69 Å². The lowest BCUT2D eigenvalue weighted by Crippen LogP contribution is -2.36. The molecule has 0 unspecified atom stereocenters. The number of hydrogen-bond acceptors (Lipinski definition) is 5. The van der Waals surface area contributed by atoms with Crippen molar-refractivity contribution in [3.63, 3.8) is 0 Å². The summed E-state index contributed by atoms with van der Waals surface area (Å²) in [5.41, 5.74) is 0. The monoisotopic (exact) mass is 201 g/mol. The van der Waals surface area contributed by atoms with Crippen molar-refractivity contribution in [2.75, 3.05) is 32.8 Å². The highest BCUT2D eigenvalue weighted by Crippen LogP contribution is 1.98. The molecule has 0 radical (unpaired) electrons. The van der Waals surface area contributed by atoms with E-state index in [1.807, 2.05) is 4.90 Å². The number of hydrogen-bond donors (Lipinski definition) is 0. The Kier molecular flexibility index (Phi) is 4.39. The molecule has 5 nitrogen and oxygen atoms in total. The summed E-state index contributed by atoms with van der Waals surface area (Å²) >= 11 is 0. The first-order valence-corrected chi connectivity index (χ1v) is 4.70. The first kappa shape index (κ1) is 11.0. The summed E-state index contributed by atoms with van der Waals surface area (Å²) in [5.74, 6) is 0.171. The fourth-order valence-electron chi connectivity index (χ4n) is 1.21. The Balaban J connectivity index is 2.24. The average molecular weight is 201 g/mol. The molecule has 1 aliphatic heterocycles. The minimum Gasteiger partial charge on any atom is -0.433 e. The number of Topliss-reactive ketones (excluding diaryl/α,β-unsaturated/α-hetero) is 1. The third-order valence-corrected chi connectivity index (χ3v) is 2.03. The maximum Gasteiger partial charge on any atom is 0.508 e. The highest BCUT2D eigenvalue weighted by atomic mass is 16.7. The lowest BCUT2D eigenvalue weighted by atomic mass is 10.3. The van der Waals surface area contributed by atoms with Gasteiger partial charge >= 0.3 is 6.16 Å². The third-order valence-electron chi connectivity index (χ3n) is 2.03. The summed E-state index contributed by atoms with van der Waals surface area (Å²) in [6, 6.07) is 0. The molecule has 1 fully saturated rings. The van der Waals surface area contributed by atoms with Gasteiger partial charge in [-0.05, 0) is 6.92 Å². The molecule has 0 atom stereocenters. The Hall–Kier alpha value is -1.10. The molecule has 0 aromatic carbocycles. The quantitative estimate of drug-likeness (QED) is 0.620. The maximum absolute atomic E-state index is 10.7. The van der Waals surface area contributed by atoms with Gasteiger partial charge in [0.2, 0.25) is 0 Å². The Bertz CT molecular complexity index is 205. The van der Waals surface area contributed by atoms with E-state index in [9.17, 15) is 9.59 Å². The molecule has 1 heterocycles. The molecule has 0 N–H and O–H groups in total. The Morgan fingerprint density at radius 3 is 2.43 bits per heavy atom. The molecule has 1 saturated heterocycles. The standard InChI is InChI=1S/C9H15NO4/c1-8(11)2-3-10-4-6-13-9(12)14-7-5-10/h2-7H2,1H3. The molecule has 0 aromatic rings. The highest BCUT2D eigenvalue weighted by Gasteiger charge is 2.13. The van der Waals surface area contributed by atoms with E-state index in [-0.39, 0.29) is 5.78 Å². The molecule has 0 aromatic heterocycles. The topological polar surface area (TPSA) is 55.8 Å². The van der Waals surface area contributed by atoms with Crippen LogP contribution in [0.1, 0.15) is 13.3 Å². The molecular weight excluding hydrogens is 186 g/mol. The Labute approximate surface area is 83.0 Å². The molecular formula is C9H15NO4. The van der Waals surface area contributed by atoms with Crippen LogP contribution >= 0.6 is 0 Å². The SMILES string of the molecule is CC(=O)CCN1CCOC(=O)OCC1. The second-order valence-electron chi connectivity index (χ2n) is 3.24. The van der Waals surface area contributed by atoms with Gasteiger partial charge in [-0.25, -0.2) is 4.79 Å². The van der Waals surface area contributed by atoms with E-state index in [0.717, 1.165) is 0 Å². The molecule has 1 aliphatic rings. The second-order valence-corrected chi connectivity index (χ2v) is 3.24. The molecule has 5 heteroatoms. The summed E-state index contributed by atoms with van der Waals surface area (Å²) in [6.07, 6.45) is -0.0651. The van der Waals surface area contributed by atoms with Crippen molar-refractivity contribution < 1.29 is 19.1 Å². The number of rotatable bonds is 3. The van der Waals surface area contributed by atoms with Crippen molar-refractivity contribution in [3.8, 4) is 0 Å². The van der Waals surface area contributed by atoms with Crippen LogP contribution in [0.3, 0.4) is 0 Å². The van der Waals surface area contributed by atoms with Crippen LogP contribution in [0.15, 0.2) is 0 Å². The lowest BCUT2D eigenvalue weighted by Gasteiger charge is -2.23. The highest BCUT2D eigenvalue weighted by molar-refractivity contribution is 5.75. The zero-order chi connectivity index (χ0) is 10.4. The smallest absolute Gasteiger partial charge is 0.433 e. The van der Waals surface area contributed by atoms with Gasteiger partial charge in [-0.15, -0.1) is 0 Å². The van der Waals surface area contributed by atoms with Gasteiger partial charge in [-0.1, -0.05) is 0 Å². The molecule has 0 amide bonds. The summed E-state index contributed by atoms with van der Waals surface area (Å²) < 4.78 is 9.46. The summed E-state index contributed by atoms with van der Waals surface area (Å²) in [7, 11) is 0. The molecule has 1 rings (SSSR count). The number of ketones is 1. The van der Waals surface area contributed by atoms with Gasteiger partial charge in [0.1, 0.15) is 19.0 Å². The predicted molar refractivity (Wildman–Crippen MR) is 49.0 cm³/mol. The van der Waals surface area contributed by atoms with Crippen LogP contribution in [-0.4, -0.2) is 49.7 Å². The van der Waals surface area contributed by atoms with Gasteiger partial charge in [0.15, 0.2) is 0 Å². The summed E-state index contributed by atoms with van der Waals surface area (Å²) in [5, 5.41) is 0. The van der Waals surface area contributed by atoms with Gasteiger partial charge in [0.05, 0.1) is 0 Å². The van der Waals surface area contributed by atoms with Crippen molar-refractivity contribution in [2.24, 2.45) is 0 Å². The van der Waals surface area contributed by atoms with Crippen molar-refractivity contribution in [1.82, 2.24) is 4.90 Å². The Morgan fingerprint density at radius 2 is 1.93 bits per heavy atom. The van der Waals surface area contributed by atoms with Crippen LogP contribution in [-0.2, 0) is 14.3 Å². The number of nitrogens with zero attached hydrogens (tertiary/aromatic N) is 1. The minimum absolute atomic E-state index is 0.171. The lowest BCUT2D eigenvalue weighted by molar-refractivity contribution is -0.117. The first-order valence-electron chi connectivity index (χ1n) is 4.70. The molecule has 0 saturated carbocycles. The van der Waals surface area contributed by atoms with Crippen molar-refractivity contribution in [1.29, 1.82) is 0 Å². The Morgan fingerprint density at radius 1 is 1.36 bits per heavy atom. The van der Waals surface area contributed by atoms with Gasteiger partial charge < -0.3 is 9.47 Å². The van der Waals surface area contributed by atoms with Crippen molar-refractivity contribution >= 4 is 11.9 Å². The third kappa shape index (κ3) is 4.23. The fourth-order valence-corrected chi connectivity index (χ4v) is 1.21. The number of carbonyl (C=O) groups excluding carboxylic acids is 2. The molecule has 14 heavy (non-hydrogen) atoms. The molecule has 0 spiro atoms. The summed E-state index contributed by atoms with van der Waals surface area (Å²) in [4.78, 5) is 23.5. The van der Waals surface area contributed by atoms with Gasteiger partial charge in [0, 0.05) is 26.1 Å². The predicted octanol–water partition coefficient (Wildman–Crippen LogP) is 0.434. The number of ether oxygens (including phenoxy) is 2. The summed E-state index contributed by atoms with van der Waals surface area (Å²) in [6.45, 7) is 4.27. The molecule has 80 valence electrons.